The van der Waals surface area contributed by atoms with Crippen LogP contribution in [0.2, 0.25) is 0 Å². The summed E-state index contributed by atoms with van der Waals surface area (Å²) in [7, 11) is 0. The molecule has 1 fully saturated rings. The minimum Gasteiger partial charge on any atom is -0.444 e. The Hall–Kier alpha value is -2.08. The number of carbonyl (C=O) groups excluding carboxylic acids is 2. The van der Waals surface area contributed by atoms with Gasteiger partial charge in [-0.05, 0) is 65.5 Å². The van der Waals surface area contributed by atoms with Crippen LogP contribution in [0.4, 0.5) is 5.69 Å². The number of hydrogen-bond acceptors (Lipinski definition) is 3. The summed E-state index contributed by atoms with van der Waals surface area (Å²) in [4.78, 5) is 23.8. The van der Waals surface area contributed by atoms with Crippen LogP contribution >= 0.6 is 15.9 Å². The standard InChI is InChI=1S/C17H17BrN2O3/c1-10(19-17(22)14-8-9-15(18)23-14)11-4-6-13(7-5-11)20-16(21)12-2-3-12/h4-10,12H,2-3H2,1H3,(H,19,22)(H,20,21). The van der Waals surface area contributed by atoms with E-state index in [0.29, 0.717) is 4.67 Å². The number of anilines is 1. The second-order valence-electron chi connectivity index (χ2n) is 5.68. The van der Waals surface area contributed by atoms with Crippen molar-refractivity contribution in [3.63, 3.8) is 0 Å². The lowest BCUT2D eigenvalue weighted by molar-refractivity contribution is -0.117. The van der Waals surface area contributed by atoms with E-state index in [0.717, 1.165) is 24.1 Å². The highest BCUT2D eigenvalue weighted by molar-refractivity contribution is 9.10. The third kappa shape index (κ3) is 4.01. The van der Waals surface area contributed by atoms with E-state index in [4.69, 9.17) is 4.42 Å². The van der Waals surface area contributed by atoms with E-state index in [-0.39, 0.29) is 29.5 Å². The summed E-state index contributed by atoms with van der Waals surface area (Å²) in [5, 5.41) is 5.77. The first-order chi connectivity index (χ1) is 11.0. The Labute approximate surface area is 142 Å². The minimum atomic E-state index is -0.269. The van der Waals surface area contributed by atoms with E-state index in [9.17, 15) is 9.59 Å². The molecule has 0 aliphatic heterocycles. The van der Waals surface area contributed by atoms with E-state index in [1.54, 1.807) is 12.1 Å². The fraction of sp³-hybridized carbons (Fsp3) is 0.294. The van der Waals surface area contributed by atoms with Crippen LogP contribution in [0.1, 0.15) is 41.9 Å². The quantitative estimate of drug-likeness (QED) is 0.831. The van der Waals surface area contributed by atoms with Gasteiger partial charge in [0.1, 0.15) is 0 Å². The molecule has 2 amide bonds. The van der Waals surface area contributed by atoms with Gasteiger partial charge in [0, 0.05) is 11.6 Å². The molecule has 1 aliphatic rings. The Balaban J connectivity index is 1.59. The van der Waals surface area contributed by atoms with Gasteiger partial charge in [-0.25, -0.2) is 0 Å². The van der Waals surface area contributed by atoms with Crippen LogP contribution in [0.3, 0.4) is 0 Å². The number of rotatable bonds is 5. The third-order valence-electron chi connectivity index (χ3n) is 3.77. The van der Waals surface area contributed by atoms with E-state index in [1.807, 2.05) is 31.2 Å². The number of amides is 2. The van der Waals surface area contributed by atoms with Crippen LogP contribution in [-0.4, -0.2) is 11.8 Å². The number of carbonyl (C=O) groups is 2. The lowest BCUT2D eigenvalue weighted by Gasteiger charge is -2.14. The molecule has 1 heterocycles. The van der Waals surface area contributed by atoms with Crippen molar-refractivity contribution in [3.8, 4) is 0 Å². The van der Waals surface area contributed by atoms with Crippen LogP contribution in [0.5, 0.6) is 0 Å². The average molecular weight is 377 g/mol. The molecule has 1 atom stereocenters. The van der Waals surface area contributed by atoms with E-state index >= 15 is 0 Å². The molecule has 1 saturated carbocycles. The first-order valence-corrected chi connectivity index (χ1v) is 8.29. The maximum absolute atomic E-state index is 12.1. The molecule has 23 heavy (non-hydrogen) atoms. The Bertz CT molecular complexity index is 720. The van der Waals surface area contributed by atoms with Gasteiger partial charge in [0.2, 0.25) is 5.91 Å². The smallest absolute Gasteiger partial charge is 0.287 e. The van der Waals surface area contributed by atoms with Crippen molar-refractivity contribution in [1.29, 1.82) is 0 Å². The fourth-order valence-corrected chi connectivity index (χ4v) is 2.54. The molecule has 0 bridgehead atoms. The highest BCUT2D eigenvalue weighted by Crippen LogP contribution is 2.30. The Kier molecular flexibility index (Phi) is 4.52. The molecule has 0 spiro atoms. The van der Waals surface area contributed by atoms with Gasteiger partial charge in [0.15, 0.2) is 10.4 Å². The zero-order valence-corrected chi connectivity index (χ0v) is 14.2. The summed E-state index contributed by atoms with van der Waals surface area (Å²) < 4.78 is 5.75. The number of nitrogens with one attached hydrogen (secondary N) is 2. The maximum atomic E-state index is 12.1. The SMILES string of the molecule is CC(NC(=O)c1ccc(Br)o1)c1ccc(NC(=O)C2CC2)cc1. The van der Waals surface area contributed by atoms with Gasteiger partial charge >= 0.3 is 0 Å². The van der Waals surface area contributed by atoms with Crippen LogP contribution < -0.4 is 10.6 Å². The molecule has 1 aliphatic carbocycles. The monoisotopic (exact) mass is 376 g/mol. The van der Waals surface area contributed by atoms with Crippen molar-refractivity contribution in [1.82, 2.24) is 5.32 Å². The normalized spacial score (nSPS) is 15.0. The average Bonchev–Trinajstić information content (AvgIpc) is 3.29. The van der Waals surface area contributed by atoms with Crippen LogP contribution in [0.25, 0.3) is 0 Å². The van der Waals surface area contributed by atoms with Gasteiger partial charge in [-0.1, -0.05) is 12.1 Å². The Morgan fingerprint density at radius 2 is 1.87 bits per heavy atom. The molecule has 5 nitrogen and oxygen atoms in total. The molecule has 1 aromatic carbocycles. The molecule has 2 aromatic rings. The highest BCUT2D eigenvalue weighted by Gasteiger charge is 2.29. The number of furan rings is 1. The third-order valence-corrected chi connectivity index (χ3v) is 4.20. The second kappa shape index (κ2) is 6.58. The molecule has 1 aromatic heterocycles. The molecule has 0 saturated heterocycles. The van der Waals surface area contributed by atoms with Gasteiger partial charge in [-0.15, -0.1) is 0 Å². The van der Waals surface area contributed by atoms with Gasteiger partial charge in [0.05, 0.1) is 6.04 Å². The second-order valence-corrected chi connectivity index (χ2v) is 6.47. The Morgan fingerprint density at radius 3 is 2.43 bits per heavy atom. The molecule has 2 N–H and O–H groups in total. The molecular weight excluding hydrogens is 360 g/mol. The summed E-state index contributed by atoms with van der Waals surface area (Å²) >= 11 is 3.17. The van der Waals surface area contributed by atoms with Crippen molar-refractivity contribution in [3.05, 3.63) is 52.4 Å². The molecule has 3 rings (SSSR count). The van der Waals surface area contributed by atoms with Crippen LogP contribution in [0, 0.1) is 5.92 Å². The summed E-state index contributed by atoms with van der Waals surface area (Å²) in [6.07, 6.45) is 1.96. The summed E-state index contributed by atoms with van der Waals surface area (Å²) in [6, 6.07) is 10.6. The highest BCUT2D eigenvalue weighted by atomic mass is 79.9. The lowest BCUT2D eigenvalue weighted by Crippen LogP contribution is -2.26. The van der Waals surface area contributed by atoms with Crippen molar-refractivity contribution in [2.24, 2.45) is 5.92 Å². The zero-order valence-electron chi connectivity index (χ0n) is 12.6. The molecule has 1 unspecified atom stereocenters. The van der Waals surface area contributed by atoms with Crippen molar-refractivity contribution >= 4 is 33.4 Å². The topological polar surface area (TPSA) is 71.3 Å². The van der Waals surface area contributed by atoms with Gasteiger partial charge in [-0.2, -0.15) is 0 Å². The van der Waals surface area contributed by atoms with Crippen LogP contribution in [0.15, 0.2) is 45.5 Å². The summed E-state index contributed by atoms with van der Waals surface area (Å²) in [5.74, 6) is 0.259. The van der Waals surface area contributed by atoms with Gasteiger partial charge in [-0.3, -0.25) is 9.59 Å². The van der Waals surface area contributed by atoms with Crippen molar-refractivity contribution in [2.75, 3.05) is 5.32 Å². The summed E-state index contributed by atoms with van der Waals surface area (Å²) in [6.45, 7) is 1.90. The predicted molar refractivity (Wildman–Crippen MR) is 90.1 cm³/mol. The lowest BCUT2D eigenvalue weighted by atomic mass is 10.1. The summed E-state index contributed by atoms with van der Waals surface area (Å²) in [5.41, 5.74) is 1.73. The van der Waals surface area contributed by atoms with E-state index in [1.165, 1.54) is 0 Å². The molecule has 6 heteroatoms. The van der Waals surface area contributed by atoms with Crippen molar-refractivity contribution < 1.29 is 14.0 Å². The predicted octanol–water partition coefficient (Wildman–Crippen LogP) is 3.88. The fourth-order valence-electron chi connectivity index (χ4n) is 2.23. The Morgan fingerprint density at radius 1 is 1.17 bits per heavy atom. The largest absolute Gasteiger partial charge is 0.444 e. The first kappa shape index (κ1) is 15.8. The van der Waals surface area contributed by atoms with Gasteiger partial charge in [0.25, 0.3) is 5.91 Å². The molecule has 120 valence electrons. The van der Waals surface area contributed by atoms with Crippen molar-refractivity contribution in [2.45, 2.75) is 25.8 Å². The van der Waals surface area contributed by atoms with Crippen LogP contribution in [-0.2, 0) is 4.79 Å². The van der Waals surface area contributed by atoms with E-state index in [2.05, 4.69) is 26.6 Å². The molecule has 0 radical (unpaired) electrons. The van der Waals surface area contributed by atoms with Gasteiger partial charge < -0.3 is 15.1 Å². The maximum Gasteiger partial charge on any atom is 0.287 e. The van der Waals surface area contributed by atoms with E-state index < -0.39 is 0 Å². The number of benzene rings is 1. The molecular formula is C17H17BrN2O3. The zero-order chi connectivity index (χ0) is 16.4. The number of hydrogen-bond donors (Lipinski definition) is 2. The first-order valence-electron chi connectivity index (χ1n) is 7.50. The minimum absolute atomic E-state index is 0.0856. The number of halogens is 1.